The largest absolute Gasteiger partial charge is 0.475 e. The highest BCUT2D eigenvalue weighted by Crippen LogP contribution is 2.31. The van der Waals surface area contributed by atoms with Gasteiger partial charge >= 0.3 is 0 Å². The second-order valence-corrected chi connectivity index (χ2v) is 6.23. The van der Waals surface area contributed by atoms with Crippen molar-refractivity contribution in [2.24, 2.45) is 0 Å². The fourth-order valence-electron chi connectivity index (χ4n) is 2.83. The van der Waals surface area contributed by atoms with Crippen LogP contribution >= 0.6 is 0 Å². The lowest BCUT2D eigenvalue weighted by Crippen LogP contribution is -2.19. The van der Waals surface area contributed by atoms with E-state index in [1.165, 1.54) is 0 Å². The van der Waals surface area contributed by atoms with Gasteiger partial charge in [0.1, 0.15) is 12.3 Å². The molecule has 0 unspecified atom stereocenters. The van der Waals surface area contributed by atoms with Crippen LogP contribution < -0.4 is 15.8 Å². The molecule has 7 nitrogen and oxygen atoms in total. The van der Waals surface area contributed by atoms with E-state index in [9.17, 15) is 4.79 Å². The number of aryl methyl sites for hydroxylation is 1. The molecule has 0 atom stereocenters. The Kier molecular flexibility index (Phi) is 5.86. The van der Waals surface area contributed by atoms with Gasteiger partial charge < -0.3 is 20.9 Å². The number of carbonyl (C=O) groups excluding carboxylic acids is 1. The predicted octanol–water partition coefficient (Wildman–Crippen LogP) is 2.43. The molecule has 1 amide bonds. The van der Waals surface area contributed by atoms with Crippen LogP contribution in [0.3, 0.4) is 0 Å². The van der Waals surface area contributed by atoms with Gasteiger partial charge in [0.25, 0.3) is 5.91 Å². The number of nitrogens with two attached hydrogens (primary N) is 1. The van der Waals surface area contributed by atoms with Crippen molar-refractivity contribution >= 4 is 11.6 Å². The van der Waals surface area contributed by atoms with Crippen molar-refractivity contribution in [3.05, 3.63) is 59.9 Å². The number of benzene rings is 1. The van der Waals surface area contributed by atoms with Gasteiger partial charge in [-0.25, -0.2) is 4.98 Å². The summed E-state index contributed by atoms with van der Waals surface area (Å²) in [5.41, 5.74) is 11.2. The van der Waals surface area contributed by atoms with Crippen LogP contribution in [0.2, 0.25) is 0 Å². The van der Waals surface area contributed by atoms with Gasteiger partial charge in [-0.1, -0.05) is 6.07 Å². The summed E-state index contributed by atoms with van der Waals surface area (Å²) in [6, 6.07) is 12.9. The molecule has 0 aliphatic rings. The Labute approximate surface area is 163 Å². The third kappa shape index (κ3) is 4.27. The SMILES string of the molecule is CNC(=O)c1cc(-c2cc(-c3cc(N)ccc3C)cc(OCCO)n2)ccn1. The summed E-state index contributed by atoms with van der Waals surface area (Å²) < 4.78 is 5.56. The number of pyridine rings is 2. The molecule has 28 heavy (non-hydrogen) atoms. The van der Waals surface area contributed by atoms with E-state index in [2.05, 4.69) is 15.3 Å². The summed E-state index contributed by atoms with van der Waals surface area (Å²) in [5, 5.41) is 11.6. The number of hydrogen-bond donors (Lipinski definition) is 3. The molecule has 144 valence electrons. The predicted molar refractivity (Wildman–Crippen MR) is 108 cm³/mol. The van der Waals surface area contributed by atoms with E-state index in [0.29, 0.717) is 23.0 Å². The monoisotopic (exact) mass is 378 g/mol. The summed E-state index contributed by atoms with van der Waals surface area (Å²) in [6.07, 6.45) is 1.56. The van der Waals surface area contributed by atoms with Gasteiger partial charge in [0.15, 0.2) is 0 Å². The lowest BCUT2D eigenvalue weighted by Gasteiger charge is -2.13. The second kappa shape index (κ2) is 8.49. The molecule has 3 rings (SSSR count). The molecule has 0 radical (unpaired) electrons. The second-order valence-electron chi connectivity index (χ2n) is 6.23. The first-order valence-corrected chi connectivity index (χ1v) is 8.82. The number of aliphatic hydroxyl groups excluding tert-OH is 1. The Bertz CT molecular complexity index is 1000. The average molecular weight is 378 g/mol. The van der Waals surface area contributed by atoms with Crippen LogP contribution in [0.25, 0.3) is 22.4 Å². The number of amides is 1. The number of anilines is 1. The van der Waals surface area contributed by atoms with Crippen molar-refractivity contribution in [3.63, 3.8) is 0 Å². The zero-order valence-corrected chi connectivity index (χ0v) is 15.8. The van der Waals surface area contributed by atoms with E-state index in [4.69, 9.17) is 15.6 Å². The Balaban J connectivity index is 2.13. The van der Waals surface area contributed by atoms with E-state index >= 15 is 0 Å². The van der Waals surface area contributed by atoms with Crippen LogP contribution in [0.4, 0.5) is 5.69 Å². The number of ether oxygens (including phenoxy) is 1. The fourth-order valence-corrected chi connectivity index (χ4v) is 2.83. The Hall–Kier alpha value is -3.45. The first kappa shape index (κ1) is 19.3. The van der Waals surface area contributed by atoms with Gasteiger partial charge in [0, 0.05) is 30.6 Å². The van der Waals surface area contributed by atoms with Gasteiger partial charge in [-0.15, -0.1) is 0 Å². The molecular weight excluding hydrogens is 356 g/mol. The summed E-state index contributed by atoms with van der Waals surface area (Å²) in [6.45, 7) is 2.01. The molecule has 0 spiro atoms. The zero-order valence-electron chi connectivity index (χ0n) is 15.8. The van der Waals surface area contributed by atoms with Crippen molar-refractivity contribution in [1.82, 2.24) is 15.3 Å². The molecule has 3 aromatic rings. The Morgan fingerprint density at radius 3 is 2.75 bits per heavy atom. The minimum atomic E-state index is -0.276. The maximum absolute atomic E-state index is 11.9. The van der Waals surface area contributed by atoms with Gasteiger partial charge in [-0.05, 0) is 53.9 Å². The van der Waals surface area contributed by atoms with E-state index < -0.39 is 0 Å². The van der Waals surface area contributed by atoms with Crippen LogP contribution in [-0.2, 0) is 0 Å². The van der Waals surface area contributed by atoms with Gasteiger partial charge in [0.05, 0.1) is 12.3 Å². The number of nitrogens with one attached hydrogen (secondary N) is 1. The molecule has 0 bridgehead atoms. The molecular formula is C21H22N4O3. The summed E-state index contributed by atoms with van der Waals surface area (Å²) >= 11 is 0. The first-order chi connectivity index (χ1) is 13.5. The number of nitrogen functional groups attached to an aromatic ring is 1. The van der Waals surface area contributed by atoms with E-state index in [1.54, 1.807) is 25.4 Å². The van der Waals surface area contributed by atoms with E-state index in [1.807, 2.05) is 37.3 Å². The van der Waals surface area contributed by atoms with Crippen molar-refractivity contribution in [2.45, 2.75) is 6.92 Å². The zero-order chi connectivity index (χ0) is 20.1. The number of aromatic nitrogens is 2. The summed E-state index contributed by atoms with van der Waals surface area (Å²) in [4.78, 5) is 20.5. The molecule has 2 heterocycles. The van der Waals surface area contributed by atoms with Crippen LogP contribution in [0.1, 0.15) is 16.1 Å². The van der Waals surface area contributed by atoms with Crippen molar-refractivity contribution in [2.75, 3.05) is 26.0 Å². The number of carbonyl (C=O) groups is 1. The molecule has 0 aliphatic heterocycles. The number of aliphatic hydroxyl groups is 1. The lowest BCUT2D eigenvalue weighted by atomic mass is 9.98. The Morgan fingerprint density at radius 2 is 2.00 bits per heavy atom. The van der Waals surface area contributed by atoms with Gasteiger partial charge in [-0.2, -0.15) is 0 Å². The minimum absolute atomic E-state index is 0.116. The molecule has 0 saturated heterocycles. The maximum Gasteiger partial charge on any atom is 0.269 e. The molecule has 0 fully saturated rings. The fraction of sp³-hybridized carbons (Fsp3) is 0.190. The van der Waals surface area contributed by atoms with Gasteiger partial charge in [-0.3, -0.25) is 9.78 Å². The highest BCUT2D eigenvalue weighted by atomic mass is 16.5. The minimum Gasteiger partial charge on any atom is -0.475 e. The number of nitrogens with zero attached hydrogens (tertiary/aromatic N) is 2. The quantitative estimate of drug-likeness (QED) is 0.568. The van der Waals surface area contributed by atoms with Crippen LogP contribution in [-0.4, -0.2) is 41.2 Å². The highest BCUT2D eigenvalue weighted by Gasteiger charge is 2.12. The number of rotatable bonds is 6. The Morgan fingerprint density at radius 1 is 1.18 bits per heavy atom. The molecule has 0 saturated carbocycles. The molecule has 1 aromatic carbocycles. The van der Waals surface area contributed by atoms with Crippen molar-refractivity contribution < 1.29 is 14.6 Å². The summed E-state index contributed by atoms with van der Waals surface area (Å²) in [5.74, 6) is 0.100. The standard InChI is InChI=1S/C21H22N4O3/c1-13-3-4-16(22)12-17(13)15-10-18(25-20(11-15)28-8-7-26)14-5-6-24-19(9-14)21(27)23-2/h3-6,9-12,26H,7-8,22H2,1-2H3,(H,23,27). The normalized spacial score (nSPS) is 10.5. The van der Waals surface area contributed by atoms with Crippen LogP contribution in [0.5, 0.6) is 5.88 Å². The number of hydrogen-bond acceptors (Lipinski definition) is 6. The highest BCUT2D eigenvalue weighted by molar-refractivity contribution is 5.93. The molecule has 7 heteroatoms. The van der Waals surface area contributed by atoms with Crippen LogP contribution in [0.15, 0.2) is 48.7 Å². The van der Waals surface area contributed by atoms with E-state index in [0.717, 1.165) is 22.3 Å². The lowest BCUT2D eigenvalue weighted by molar-refractivity contribution is 0.0958. The topological polar surface area (TPSA) is 110 Å². The molecule has 0 aliphatic carbocycles. The van der Waals surface area contributed by atoms with E-state index in [-0.39, 0.29) is 19.1 Å². The van der Waals surface area contributed by atoms with Crippen molar-refractivity contribution in [3.8, 4) is 28.3 Å². The van der Waals surface area contributed by atoms with Crippen LogP contribution in [0, 0.1) is 6.92 Å². The third-order valence-electron chi connectivity index (χ3n) is 4.23. The third-order valence-corrected chi connectivity index (χ3v) is 4.23. The van der Waals surface area contributed by atoms with Gasteiger partial charge in [0.2, 0.25) is 5.88 Å². The van der Waals surface area contributed by atoms with Crippen molar-refractivity contribution in [1.29, 1.82) is 0 Å². The molecule has 2 aromatic heterocycles. The first-order valence-electron chi connectivity index (χ1n) is 8.82. The maximum atomic E-state index is 11.9. The summed E-state index contributed by atoms with van der Waals surface area (Å²) in [7, 11) is 1.55. The molecule has 4 N–H and O–H groups in total. The average Bonchev–Trinajstić information content (AvgIpc) is 2.73. The smallest absolute Gasteiger partial charge is 0.269 e.